The minimum atomic E-state index is -0.409. The molecule has 1 atom stereocenters. The Bertz CT molecular complexity index is 851. The molecule has 1 unspecified atom stereocenters. The molecule has 1 saturated heterocycles. The fraction of sp³-hybridized carbons (Fsp3) is 0.350. The van der Waals surface area contributed by atoms with Crippen molar-refractivity contribution in [3.8, 4) is 11.4 Å². The van der Waals surface area contributed by atoms with E-state index < -0.39 is 6.10 Å². The SMILES string of the molecule is OC(CSc1n[nH]c(-c2cccnc2)n1)CN1CCN(c2ccccc2)CC1. The van der Waals surface area contributed by atoms with Gasteiger partial charge in [-0.3, -0.25) is 15.0 Å². The van der Waals surface area contributed by atoms with E-state index in [4.69, 9.17) is 0 Å². The van der Waals surface area contributed by atoms with Crippen LogP contribution in [-0.4, -0.2) is 74.8 Å². The third-order valence-electron chi connectivity index (χ3n) is 4.77. The molecule has 28 heavy (non-hydrogen) atoms. The predicted molar refractivity (Wildman–Crippen MR) is 111 cm³/mol. The molecule has 1 fully saturated rings. The number of hydrogen-bond acceptors (Lipinski definition) is 7. The van der Waals surface area contributed by atoms with Crippen molar-refractivity contribution in [1.29, 1.82) is 0 Å². The molecule has 1 aliphatic rings. The van der Waals surface area contributed by atoms with Crippen LogP contribution in [0.3, 0.4) is 0 Å². The van der Waals surface area contributed by atoms with Crippen molar-refractivity contribution in [2.45, 2.75) is 11.3 Å². The van der Waals surface area contributed by atoms with E-state index in [0.29, 0.717) is 23.3 Å². The number of nitrogens with one attached hydrogen (secondary N) is 1. The highest BCUT2D eigenvalue weighted by Crippen LogP contribution is 2.20. The number of β-amino-alcohol motifs (C(OH)–C–C–N with tert-alkyl or cyclic N) is 1. The first kappa shape index (κ1) is 18.9. The fourth-order valence-corrected chi connectivity index (χ4v) is 4.00. The molecule has 3 heterocycles. The summed E-state index contributed by atoms with van der Waals surface area (Å²) in [5.74, 6) is 1.27. The normalized spacial score (nSPS) is 16.2. The maximum Gasteiger partial charge on any atom is 0.208 e. The van der Waals surface area contributed by atoms with E-state index in [-0.39, 0.29) is 0 Å². The molecule has 0 aliphatic carbocycles. The highest BCUT2D eigenvalue weighted by atomic mass is 32.2. The standard InChI is InChI=1S/C20H24N6OS/c27-18(14-25-9-11-26(12-10-25)17-6-2-1-3-7-17)15-28-20-22-19(23-24-20)16-5-4-8-21-13-16/h1-8,13,18,27H,9-12,14-15H2,(H,22,23,24). The number of aromatic amines is 1. The molecule has 4 rings (SSSR count). The number of anilines is 1. The second-order valence-electron chi connectivity index (χ2n) is 6.80. The summed E-state index contributed by atoms with van der Waals surface area (Å²) in [4.78, 5) is 13.3. The van der Waals surface area contributed by atoms with E-state index in [1.807, 2.05) is 18.2 Å². The van der Waals surface area contributed by atoms with E-state index >= 15 is 0 Å². The smallest absolute Gasteiger partial charge is 0.208 e. The van der Waals surface area contributed by atoms with Gasteiger partial charge in [0.25, 0.3) is 0 Å². The first-order valence-electron chi connectivity index (χ1n) is 9.44. The highest BCUT2D eigenvalue weighted by molar-refractivity contribution is 7.99. The first-order chi connectivity index (χ1) is 13.8. The van der Waals surface area contributed by atoms with Crippen LogP contribution in [0.5, 0.6) is 0 Å². The number of para-hydroxylation sites is 1. The third-order valence-corrected chi connectivity index (χ3v) is 5.76. The molecule has 7 nitrogen and oxygen atoms in total. The number of aliphatic hydroxyl groups is 1. The molecule has 8 heteroatoms. The molecule has 2 aromatic heterocycles. The van der Waals surface area contributed by atoms with Crippen LogP contribution in [0, 0.1) is 0 Å². The maximum atomic E-state index is 10.4. The van der Waals surface area contributed by atoms with Gasteiger partial charge in [-0.05, 0) is 24.3 Å². The number of hydrogen-bond donors (Lipinski definition) is 2. The Balaban J connectivity index is 1.21. The zero-order chi connectivity index (χ0) is 19.2. The molecule has 0 spiro atoms. The molecule has 0 radical (unpaired) electrons. The van der Waals surface area contributed by atoms with E-state index in [9.17, 15) is 5.11 Å². The lowest BCUT2D eigenvalue weighted by Gasteiger charge is -2.36. The molecule has 1 aliphatic heterocycles. The Morgan fingerprint density at radius 1 is 1.07 bits per heavy atom. The first-order valence-corrected chi connectivity index (χ1v) is 10.4. The third kappa shape index (κ3) is 4.89. The summed E-state index contributed by atoms with van der Waals surface area (Å²) >= 11 is 1.47. The number of pyridine rings is 1. The van der Waals surface area contributed by atoms with Crippen LogP contribution in [0.25, 0.3) is 11.4 Å². The van der Waals surface area contributed by atoms with E-state index in [0.717, 1.165) is 31.7 Å². The van der Waals surface area contributed by atoms with Crippen molar-refractivity contribution in [1.82, 2.24) is 25.1 Å². The summed E-state index contributed by atoms with van der Waals surface area (Å²) in [6.45, 7) is 4.57. The molecule has 1 aromatic carbocycles. The van der Waals surface area contributed by atoms with Gasteiger partial charge in [0.1, 0.15) is 0 Å². The maximum absolute atomic E-state index is 10.4. The molecule has 0 amide bonds. The summed E-state index contributed by atoms with van der Waals surface area (Å²) < 4.78 is 0. The van der Waals surface area contributed by atoms with Crippen LogP contribution < -0.4 is 4.90 Å². The molecule has 146 valence electrons. The Morgan fingerprint density at radius 3 is 2.64 bits per heavy atom. The molecular weight excluding hydrogens is 372 g/mol. The van der Waals surface area contributed by atoms with Gasteiger partial charge in [-0.15, -0.1) is 5.10 Å². The zero-order valence-corrected chi connectivity index (χ0v) is 16.4. The number of rotatable bonds is 7. The fourth-order valence-electron chi connectivity index (χ4n) is 3.29. The van der Waals surface area contributed by atoms with Crippen molar-refractivity contribution < 1.29 is 5.11 Å². The van der Waals surface area contributed by atoms with Gasteiger partial charge in [0.2, 0.25) is 5.16 Å². The van der Waals surface area contributed by atoms with Crippen molar-refractivity contribution in [3.63, 3.8) is 0 Å². The Morgan fingerprint density at radius 2 is 1.89 bits per heavy atom. The van der Waals surface area contributed by atoms with Crippen LogP contribution in [0.2, 0.25) is 0 Å². The summed E-state index contributed by atoms with van der Waals surface area (Å²) in [5.41, 5.74) is 2.17. The second-order valence-corrected chi connectivity index (χ2v) is 7.78. The molecule has 0 saturated carbocycles. The van der Waals surface area contributed by atoms with Crippen molar-refractivity contribution in [2.75, 3.05) is 43.4 Å². The number of piperazine rings is 1. The van der Waals surface area contributed by atoms with Gasteiger partial charge in [0.15, 0.2) is 5.82 Å². The highest BCUT2D eigenvalue weighted by Gasteiger charge is 2.20. The van der Waals surface area contributed by atoms with Gasteiger partial charge >= 0.3 is 0 Å². The predicted octanol–water partition coefficient (Wildman–Crippen LogP) is 2.14. The van der Waals surface area contributed by atoms with Crippen LogP contribution in [0.4, 0.5) is 5.69 Å². The Hall–Kier alpha value is -2.42. The summed E-state index contributed by atoms with van der Waals surface area (Å²) in [6.07, 6.45) is 3.07. The summed E-state index contributed by atoms with van der Waals surface area (Å²) in [5, 5.41) is 18.2. The van der Waals surface area contributed by atoms with E-state index in [2.05, 4.69) is 54.2 Å². The summed E-state index contributed by atoms with van der Waals surface area (Å²) in [6, 6.07) is 14.3. The van der Waals surface area contributed by atoms with Crippen LogP contribution in [-0.2, 0) is 0 Å². The van der Waals surface area contributed by atoms with Crippen molar-refractivity contribution >= 4 is 17.4 Å². The average Bonchev–Trinajstić information content (AvgIpc) is 3.23. The largest absolute Gasteiger partial charge is 0.391 e. The average molecular weight is 397 g/mol. The second kappa shape index (κ2) is 9.18. The molecule has 2 N–H and O–H groups in total. The van der Waals surface area contributed by atoms with Gasteiger partial charge in [0, 0.05) is 62.1 Å². The van der Waals surface area contributed by atoms with Gasteiger partial charge in [-0.25, -0.2) is 4.98 Å². The number of benzene rings is 1. The lowest BCUT2D eigenvalue weighted by Crippen LogP contribution is -2.48. The number of aromatic nitrogens is 4. The van der Waals surface area contributed by atoms with Gasteiger partial charge in [0.05, 0.1) is 6.10 Å². The Labute approximate surface area is 168 Å². The van der Waals surface area contributed by atoms with Gasteiger partial charge in [-0.1, -0.05) is 30.0 Å². The Kier molecular flexibility index (Phi) is 6.20. The monoisotopic (exact) mass is 396 g/mol. The van der Waals surface area contributed by atoms with E-state index in [1.165, 1.54) is 17.4 Å². The van der Waals surface area contributed by atoms with Crippen LogP contribution >= 0.6 is 11.8 Å². The van der Waals surface area contributed by atoms with E-state index in [1.54, 1.807) is 12.4 Å². The molecule has 0 bridgehead atoms. The number of nitrogens with zero attached hydrogens (tertiary/aromatic N) is 5. The van der Waals surface area contributed by atoms with Crippen molar-refractivity contribution in [2.24, 2.45) is 0 Å². The van der Waals surface area contributed by atoms with Crippen molar-refractivity contribution in [3.05, 3.63) is 54.9 Å². The summed E-state index contributed by atoms with van der Waals surface area (Å²) in [7, 11) is 0. The number of H-pyrrole nitrogens is 1. The minimum absolute atomic E-state index is 0.409. The minimum Gasteiger partial charge on any atom is -0.391 e. The lowest BCUT2D eigenvalue weighted by molar-refractivity contribution is 0.126. The van der Waals surface area contributed by atoms with Crippen LogP contribution in [0.15, 0.2) is 60.0 Å². The zero-order valence-electron chi connectivity index (χ0n) is 15.6. The topological polar surface area (TPSA) is 81.2 Å². The van der Waals surface area contributed by atoms with Gasteiger partial charge < -0.3 is 10.0 Å². The molecular formula is C20H24N6OS. The van der Waals surface area contributed by atoms with Crippen LogP contribution in [0.1, 0.15) is 0 Å². The number of aliphatic hydroxyl groups excluding tert-OH is 1. The van der Waals surface area contributed by atoms with Gasteiger partial charge in [-0.2, -0.15) is 0 Å². The quantitative estimate of drug-likeness (QED) is 0.592. The molecule has 3 aromatic rings. The lowest BCUT2D eigenvalue weighted by atomic mass is 10.2. The number of thioether (sulfide) groups is 1.